The molecule has 3 rings (SSSR count). The molecule has 0 bridgehead atoms. The second kappa shape index (κ2) is 3.92. The van der Waals surface area contributed by atoms with Crippen molar-refractivity contribution in [2.75, 3.05) is 30.8 Å². The first kappa shape index (κ1) is 10.4. The number of nitrogens with one attached hydrogen (secondary N) is 1. The van der Waals surface area contributed by atoms with Gasteiger partial charge in [-0.15, -0.1) is 0 Å². The van der Waals surface area contributed by atoms with Crippen LogP contribution in [0.3, 0.4) is 0 Å². The molecule has 5 nitrogen and oxygen atoms in total. The van der Waals surface area contributed by atoms with Gasteiger partial charge in [-0.3, -0.25) is 0 Å². The molecule has 1 fully saturated rings. The molecule has 0 amide bonds. The Labute approximate surface area is 99.5 Å². The fourth-order valence-corrected chi connectivity index (χ4v) is 2.43. The van der Waals surface area contributed by atoms with Crippen molar-refractivity contribution in [2.24, 2.45) is 0 Å². The van der Waals surface area contributed by atoms with Crippen molar-refractivity contribution < 1.29 is 4.52 Å². The Bertz CT molecular complexity index is 536. The molecule has 1 atom stereocenters. The molecule has 2 heterocycles. The molecule has 0 aliphatic carbocycles. The van der Waals surface area contributed by atoms with Crippen molar-refractivity contribution in [1.29, 1.82) is 0 Å². The zero-order valence-corrected chi connectivity index (χ0v) is 9.81. The number of hydrogen-bond donors (Lipinski definition) is 2. The zero-order valence-electron chi connectivity index (χ0n) is 9.81. The highest BCUT2D eigenvalue weighted by Crippen LogP contribution is 2.31. The Morgan fingerprint density at radius 1 is 1.53 bits per heavy atom. The van der Waals surface area contributed by atoms with E-state index >= 15 is 0 Å². The van der Waals surface area contributed by atoms with E-state index in [1.165, 1.54) is 0 Å². The minimum atomic E-state index is 0.464. The maximum absolute atomic E-state index is 5.76. The van der Waals surface area contributed by atoms with Crippen LogP contribution in [0.1, 0.15) is 6.42 Å². The number of hydrogen-bond acceptors (Lipinski definition) is 5. The van der Waals surface area contributed by atoms with Gasteiger partial charge in [-0.1, -0.05) is 11.2 Å². The number of nitrogen functional groups attached to an aromatic ring is 1. The van der Waals surface area contributed by atoms with Crippen LogP contribution in [-0.2, 0) is 0 Å². The number of nitrogens with zero attached hydrogens (tertiary/aromatic N) is 2. The fraction of sp³-hybridized carbons (Fsp3) is 0.417. The molecule has 0 radical (unpaired) electrons. The zero-order chi connectivity index (χ0) is 11.8. The summed E-state index contributed by atoms with van der Waals surface area (Å²) in [6, 6.07) is 6.55. The third-order valence-corrected chi connectivity index (χ3v) is 3.44. The third-order valence-electron chi connectivity index (χ3n) is 3.44. The summed E-state index contributed by atoms with van der Waals surface area (Å²) in [5.41, 5.74) is 7.64. The van der Waals surface area contributed by atoms with Gasteiger partial charge in [0.05, 0.1) is 11.1 Å². The second-order valence-electron chi connectivity index (χ2n) is 4.44. The van der Waals surface area contributed by atoms with Crippen molar-refractivity contribution in [3.05, 3.63) is 18.2 Å². The van der Waals surface area contributed by atoms with Gasteiger partial charge in [-0.05, 0) is 25.6 Å². The van der Waals surface area contributed by atoms with Crippen molar-refractivity contribution in [3.63, 3.8) is 0 Å². The van der Waals surface area contributed by atoms with E-state index in [2.05, 4.69) is 21.4 Å². The van der Waals surface area contributed by atoms with Crippen LogP contribution < -0.4 is 16.0 Å². The Morgan fingerprint density at radius 2 is 2.41 bits per heavy atom. The maximum Gasteiger partial charge on any atom is 0.192 e. The average Bonchev–Trinajstić information content (AvgIpc) is 2.96. The number of fused-ring (bicyclic) bond motifs is 1. The minimum absolute atomic E-state index is 0.464. The molecule has 1 saturated heterocycles. The number of aromatic nitrogens is 1. The molecular formula is C12H16N4O. The molecule has 1 aliphatic rings. The number of nitrogens with two attached hydrogens (primary N) is 1. The molecule has 0 spiro atoms. The monoisotopic (exact) mass is 232 g/mol. The first-order chi connectivity index (χ1) is 8.29. The molecule has 1 aromatic heterocycles. The Hall–Kier alpha value is -1.75. The lowest BCUT2D eigenvalue weighted by Gasteiger charge is -2.18. The van der Waals surface area contributed by atoms with Crippen molar-refractivity contribution in [2.45, 2.75) is 12.5 Å². The van der Waals surface area contributed by atoms with E-state index < -0.39 is 0 Å². The third kappa shape index (κ3) is 1.63. The van der Waals surface area contributed by atoms with Gasteiger partial charge in [0.15, 0.2) is 11.4 Å². The maximum atomic E-state index is 5.76. The highest BCUT2D eigenvalue weighted by Gasteiger charge is 2.24. The van der Waals surface area contributed by atoms with Gasteiger partial charge < -0.3 is 20.5 Å². The topological polar surface area (TPSA) is 67.3 Å². The number of likely N-dealkylation sites (N-methyl/N-ethyl adjacent to an activating group) is 1. The van der Waals surface area contributed by atoms with Gasteiger partial charge in [0.25, 0.3) is 0 Å². The number of anilines is 2. The van der Waals surface area contributed by atoms with Gasteiger partial charge in [0.2, 0.25) is 0 Å². The minimum Gasteiger partial charge on any atom is -0.380 e. The predicted molar refractivity (Wildman–Crippen MR) is 68.1 cm³/mol. The highest BCUT2D eigenvalue weighted by molar-refractivity contribution is 5.95. The lowest BCUT2D eigenvalue weighted by atomic mass is 10.2. The molecule has 17 heavy (non-hydrogen) atoms. The van der Waals surface area contributed by atoms with Crippen molar-refractivity contribution in [1.82, 2.24) is 10.5 Å². The number of rotatable bonds is 2. The number of benzene rings is 1. The molecule has 2 aromatic rings. The summed E-state index contributed by atoms with van der Waals surface area (Å²) in [5.74, 6) is 0.464. The number of para-hydroxylation sites is 1. The molecule has 5 heteroatoms. The summed E-state index contributed by atoms with van der Waals surface area (Å²) in [5, 5.41) is 8.03. The van der Waals surface area contributed by atoms with Crippen LogP contribution in [0.4, 0.5) is 11.5 Å². The normalized spacial score (nSPS) is 20.3. The standard InChI is InChI=1S/C12H16N4O/c1-14-8-5-6-16(7-8)10-4-2-3-9-11(10)17-15-12(9)13/h2-4,8,14H,5-7H2,1H3,(H2,13,15). The Morgan fingerprint density at radius 3 is 3.18 bits per heavy atom. The molecule has 1 aromatic carbocycles. The summed E-state index contributed by atoms with van der Waals surface area (Å²) >= 11 is 0. The molecule has 0 saturated carbocycles. The van der Waals surface area contributed by atoms with Crippen LogP contribution in [0.5, 0.6) is 0 Å². The molecule has 3 N–H and O–H groups in total. The van der Waals surface area contributed by atoms with E-state index in [1.54, 1.807) is 0 Å². The van der Waals surface area contributed by atoms with E-state index in [0.717, 1.165) is 36.2 Å². The van der Waals surface area contributed by atoms with Gasteiger partial charge >= 0.3 is 0 Å². The van der Waals surface area contributed by atoms with E-state index in [0.29, 0.717) is 11.9 Å². The van der Waals surface area contributed by atoms with Gasteiger partial charge in [0, 0.05) is 19.1 Å². The summed E-state index contributed by atoms with van der Waals surface area (Å²) in [6.07, 6.45) is 1.15. The van der Waals surface area contributed by atoms with E-state index in [1.807, 2.05) is 19.2 Å². The SMILES string of the molecule is CNC1CCN(c2cccc3c(N)noc23)C1. The molecule has 90 valence electrons. The van der Waals surface area contributed by atoms with Crippen LogP contribution in [0.25, 0.3) is 11.0 Å². The van der Waals surface area contributed by atoms with Crippen LogP contribution in [-0.4, -0.2) is 31.3 Å². The summed E-state index contributed by atoms with van der Waals surface area (Å²) in [6.45, 7) is 2.03. The highest BCUT2D eigenvalue weighted by atomic mass is 16.5. The smallest absolute Gasteiger partial charge is 0.192 e. The summed E-state index contributed by atoms with van der Waals surface area (Å²) in [7, 11) is 2.00. The van der Waals surface area contributed by atoms with Crippen molar-refractivity contribution >= 4 is 22.5 Å². The second-order valence-corrected chi connectivity index (χ2v) is 4.44. The Kier molecular flexibility index (Phi) is 2.40. The van der Waals surface area contributed by atoms with E-state index in [4.69, 9.17) is 10.3 Å². The van der Waals surface area contributed by atoms with Gasteiger partial charge in [-0.2, -0.15) is 0 Å². The predicted octanol–water partition coefficient (Wildman–Crippen LogP) is 1.21. The average molecular weight is 232 g/mol. The lowest BCUT2D eigenvalue weighted by molar-refractivity contribution is 0.460. The first-order valence-electron chi connectivity index (χ1n) is 5.85. The Balaban J connectivity index is 2.00. The van der Waals surface area contributed by atoms with E-state index in [9.17, 15) is 0 Å². The van der Waals surface area contributed by atoms with Crippen LogP contribution >= 0.6 is 0 Å². The molecule has 1 unspecified atom stereocenters. The van der Waals surface area contributed by atoms with Crippen LogP contribution in [0, 0.1) is 0 Å². The lowest BCUT2D eigenvalue weighted by Crippen LogP contribution is -2.29. The molecule has 1 aliphatic heterocycles. The largest absolute Gasteiger partial charge is 0.380 e. The molecular weight excluding hydrogens is 216 g/mol. The fourth-order valence-electron chi connectivity index (χ4n) is 2.43. The first-order valence-corrected chi connectivity index (χ1v) is 5.85. The van der Waals surface area contributed by atoms with Crippen molar-refractivity contribution in [3.8, 4) is 0 Å². The van der Waals surface area contributed by atoms with Gasteiger partial charge in [-0.25, -0.2) is 0 Å². The summed E-state index contributed by atoms with van der Waals surface area (Å²) in [4.78, 5) is 2.31. The quantitative estimate of drug-likeness (QED) is 0.814. The van der Waals surface area contributed by atoms with Gasteiger partial charge in [0.1, 0.15) is 0 Å². The van der Waals surface area contributed by atoms with Crippen LogP contribution in [0.15, 0.2) is 22.7 Å². The van der Waals surface area contributed by atoms with Crippen LogP contribution in [0.2, 0.25) is 0 Å². The summed E-state index contributed by atoms with van der Waals surface area (Å²) < 4.78 is 5.32. The van der Waals surface area contributed by atoms with E-state index in [-0.39, 0.29) is 0 Å².